The molecule has 0 N–H and O–H groups in total. The summed E-state index contributed by atoms with van der Waals surface area (Å²) in [5.74, 6) is 2.86. The summed E-state index contributed by atoms with van der Waals surface area (Å²) in [6, 6.07) is 11.7. The minimum atomic E-state index is 0.218. The molecule has 1 amide bonds. The Morgan fingerprint density at radius 1 is 1.09 bits per heavy atom. The summed E-state index contributed by atoms with van der Waals surface area (Å²) in [6.07, 6.45) is 3.45. The summed E-state index contributed by atoms with van der Waals surface area (Å²) in [7, 11) is 0. The van der Waals surface area contributed by atoms with Crippen molar-refractivity contribution in [3.05, 3.63) is 35.9 Å². The molecule has 4 heteroatoms. The van der Waals surface area contributed by atoms with Gasteiger partial charge in [-0.2, -0.15) is 11.8 Å². The minimum Gasteiger partial charge on any atom is -0.341 e. The molecule has 3 fully saturated rings. The van der Waals surface area contributed by atoms with Gasteiger partial charge in [0, 0.05) is 36.7 Å². The Hall–Kier alpha value is -1.00. The van der Waals surface area contributed by atoms with Crippen LogP contribution in [0, 0.1) is 5.92 Å². The lowest BCUT2D eigenvalue weighted by molar-refractivity contribution is -0.135. The zero-order valence-electron chi connectivity index (χ0n) is 13.0. The summed E-state index contributed by atoms with van der Waals surface area (Å²) in [5.41, 5.74) is 1.39. The molecule has 1 aromatic rings. The fourth-order valence-corrected chi connectivity index (χ4v) is 5.36. The molecule has 3 nitrogen and oxygen atoms in total. The number of hydrogen-bond acceptors (Lipinski definition) is 3. The molecule has 3 heterocycles. The molecule has 0 aliphatic carbocycles. The predicted octanol–water partition coefficient (Wildman–Crippen LogP) is 2.79. The third kappa shape index (κ3) is 2.56. The van der Waals surface area contributed by atoms with Crippen LogP contribution in [0.25, 0.3) is 0 Å². The molecule has 1 aromatic carbocycles. The van der Waals surface area contributed by atoms with Gasteiger partial charge in [-0.3, -0.25) is 9.69 Å². The molecule has 4 rings (SSSR count). The number of benzene rings is 1. The molecule has 3 saturated heterocycles. The van der Waals surface area contributed by atoms with E-state index in [1.54, 1.807) is 0 Å². The second-order valence-corrected chi connectivity index (χ2v) is 7.88. The quantitative estimate of drug-likeness (QED) is 0.838. The van der Waals surface area contributed by atoms with Gasteiger partial charge in [-0.05, 0) is 31.4 Å². The van der Waals surface area contributed by atoms with Crippen molar-refractivity contribution in [3.8, 4) is 0 Å². The number of thioether (sulfide) groups is 1. The first-order chi connectivity index (χ1) is 10.8. The summed E-state index contributed by atoms with van der Waals surface area (Å²) in [4.78, 5) is 17.7. The maximum Gasteiger partial charge on any atom is 0.227 e. The number of fused-ring (bicyclic) bond motifs is 1. The molecular weight excluding hydrogens is 292 g/mol. The number of rotatable bonds is 2. The maximum atomic E-state index is 13.0. The second-order valence-electron chi connectivity index (χ2n) is 6.65. The molecule has 0 spiro atoms. The number of nitrogens with zero attached hydrogens (tertiary/aromatic N) is 2. The zero-order valence-corrected chi connectivity index (χ0v) is 13.8. The third-order valence-electron chi connectivity index (χ3n) is 5.51. The number of hydrogen-bond donors (Lipinski definition) is 0. The van der Waals surface area contributed by atoms with E-state index < -0.39 is 0 Å². The summed E-state index contributed by atoms with van der Waals surface area (Å²) in [5, 5.41) is 0. The highest BCUT2D eigenvalue weighted by Gasteiger charge is 2.48. The number of carbonyl (C=O) groups excluding carboxylic acids is 1. The lowest BCUT2D eigenvalue weighted by atomic mass is 9.93. The van der Waals surface area contributed by atoms with Crippen LogP contribution in [0.1, 0.15) is 30.9 Å². The standard InChI is InChI=1S/C18H24N2OS/c21-18(19-9-11-22-12-10-19)15-13-17(14-5-2-1-3-6-14)20-8-4-7-16(15)20/h1-3,5-6,15-17H,4,7-13H2/t15-,16+,17-/m0/s1. The summed E-state index contributed by atoms with van der Waals surface area (Å²) >= 11 is 1.97. The Balaban J connectivity index is 1.55. The first-order valence-electron chi connectivity index (χ1n) is 8.52. The van der Waals surface area contributed by atoms with Crippen LogP contribution in [-0.2, 0) is 4.79 Å². The van der Waals surface area contributed by atoms with Gasteiger partial charge < -0.3 is 4.90 Å². The molecular formula is C18H24N2OS. The average Bonchev–Trinajstić information content (AvgIpc) is 3.18. The van der Waals surface area contributed by atoms with Crippen LogP contribution in [-0.4, -0.2) is 52.9 Å². The molecule has 0 bridgehead atoms. The molecule has 22 heavy (non-hydrogen) atoms. The van der Waals surface area contributed by atoms with Gasteiger partial charge in [0.15, 0.2) is 0 Å². The SMILES string of the molecule is O=C([C@H]1C[C@@H](c2ccccc2)N2CCC[C@H]12)N1CCSCC1. The van der Waals surface area contributed by atoms with Gasteiger partial charge in [0.2, 0.25) is 5.91 Å². The van der Waals surface area contributed by atoms with E-state index in [2.05, 4.69) is 40.1 Å². The smallest absolute Gasteiger partial charge is 0.227 e. The highest BCUT2D eigenvalue weighted by atomic mass is 32.2. The molecule has 3 aliphatic rings. The fourth-order valence-electron chi connectivity index (χ4n) is 4.45. The maximum absolute atomic E-state index is 13.0. The van der Waals surface area contributed by atoms with Crippen molar-refractivity contribution in [2.45, 2.75) is 31.3 Å². The van der Waals surface area contributed by atoms with E-state index in [0.29, 0.717) is 18.0 Å². The largest absolute Gasteiger partial charge is 0.341 e. The van der Waals surface area contributed by atoms with Gasteiger partial charge in [-0.25, -0.2) is 0 Å². The monoisotopic (exact) mass is 316 g/mol. The molecule has 3 atom stereocenters. The van der Waals surface area contributed by atoms with Gasteiger partial charge in [0.25, 0.3) is 0 Å². The highest BCUT2D eigenvalue weighted by Crippen LogP contribution is 2.45. The van der Waals surface area contributed by atoms with Gasteiger partial charge >= 0.3 is 0 Å². The Labute approximate surface area is 137 Å². The molecule has 0 radical (unpaired) electrons. The van der Waals surface area contributed by atoms with E-state index in [9.17, 15) is 4.79 Å². The van der Waals surface area contributed by atoms with Gasteiger partial charge in [0.1, 0.15) is 0 Å². The van der Waals surface area contributed by atoms with Gasteiger partial charge in [-0.15, -0.1) is 0 Å². The van der Waals surface area contributed by atoms with Crippen LogP contribution in [0.3, 0.4) is 0 Å². The first kappa shape index (κ1) is 14.6. The molecule has 0 aromatic heterocycles. The van der Waals surface area contributed by atoms with Gasteiger partial charge in [0.05, 0.1) is 5.92 Å². The van der Waals surface area contributed by atoms with Crippen LogP contribution >= 0.6 is 11.8 Å². The zero-order chi connectivity index (χ0) is 14.9. The lowest BCUT2D eigenvalue weighted by Crippen LogP contribution is -2.44. The van der Waals surface area contributed by atoms with Crippen molar-refractivity contribution in [2.75, 3.05) is 31.1 Å². The van der Waals surface area contributed by atoms with E-state index in [1.165, 1.54) is 18.4 Å². The molecule has 0 saturated carbocycles. The highest BCUT2D eigenvalue weighted by molar-refractivity contribution is 7.99. The normalized spacial score (nSPS) is 32.2. The minimum absolute atomic E-state index is 0.218. The van der Waals surface area contributed by atoms with Crippen LogP contribution < -0.4 is 0 Å². The van der Waals surface area contributed by atoms with Crippen LogP contribution in [0.2, 0.25) is 0 Å². The lowest BCUT2D eigenvalue weighted by Gasteiger charge is -2.30. The summed E-state index contributed by atoms with van der Waals surface area (Å²) < 4.78 is 0. The van der Waals surface area contributed by atoms with Crippen molar-refractivity contribution in [2.24, 2.45) is 5.92 Å². The first-order valence-corrected chi connectivity index (χ1v) is 9.67. The van der Waals surface area contributed by atoms with E-state index in [1.807, 2.05) is 11.8 Å². The fraction of sp³-hybridized carbons (Fsp3) is 0.611. The molecule has 3 aliphatic heterocycles. The van der Waals surface area contributed by atoms with E-state index in [-0.39, 0.29) is 5.92 Å². The number of amides is 1. The van der Waals surface area contributed by atoms with E-state index >= 15 is 0 Å². The third-order valence-corrected chi connectivity index (χ3v) is 6.45. The Morgan fingerprint density at radius 2 is 1.86 bits per heavy atom. The summed E-state index contributed by atoms with van der Waals surface area (Å²) in [6.45, 7) is 3.05. The van der Waals surface area contributed by atoms with E-state index in [0.717, 1.165) is 37.6 Å². The van der Waals surface area contributed by atoms with Crippen LogP contribution in [0.5, 0.6) is 0 Å². The second kappa shape index (κ2) is 6.25. The van der Waals surface area contributed by atoms with Gasteiger partial charge in [-0.1, -0.05) is 30.3 Å². The van der Waals surface area contributed by atoms with Crippen LogP contribution in [0.15, 0.2) is 30.3 Å². The predicted molar refractivity (Wildman–Crippen MR) is 90.9 cm³/mol. The average molecular weight is 316 g/mol. The van der Waals surface area contributed by atoms with E-state index in [4.69, 9.17) is 0 Å². The topological polar surface area (TPSA) is 23.6 Å². The van der Waals surface area contributed by atoms with Crippen molar-refractivity contribution >= 4 is 17.7 Å². The Bertz CT molecular complexity index is 529. The number of carbonyl (C=O) groups is 1. The van der Waals surface area contributed by atoms with Crippen LogP contribution in [0.4, 0.5) is 0 Å². The Morgan fingerprint density at radius 3 is 2.64 bits per heavy atom. The molecule has 118 valence electrons. The molecule has 0 unspecified atom stereocenters. The van der Waals surface area contributed by atoms with Crippen molar-refractivity contribution < 1.29 is 4.79 Å². The van der Waals surface area contributed by atoms with Crippen molar-refractivity contribution in [1.29, 1.82) is 0 Å². The Kier molecular flexibility index (Phi) is 4.14. The van der Waals surface area contributed by atoms with Crippen molar-refractivity contribution in [3.63, 3.8) is 0 Å². The van der Waals surface area contributed by atoms with Crippen molar-refractivity contribution in [1.82, 2.24) is 9.80 Å².